The van der Waals surface area contributed by atoms with Crippen molar-refractivity contribution in [3.8, 4) is 10.4 Å². The number of likely N-dealkylation sites (tertiary alicyclic amines) is 1. The predicted octanol–water partition coefficient (Wildman–Crippen LogP) is 3.22. The molecular formula is C22H28N4O2S. The van der Waals surface area contributed by atoms with Gasteiger partial charge in [0.25, 0.3) is 0 Å². The summed E-state index contributed by atoms with van der Waals surface area (Å²) in [5, 5.41) is 0.770. The second-order valence-corrected chi connectivity index (χ2v) is 10.4. The molecular weight excluding hydrogens is 384 g/mol. The average molecular weight is 413 g/mol. The molecule has 1 saturated carbocycles. The van der Waals surface area contributed by atoms with Crippen molar-refractivity contribution in [2.24, 2.45) is 11.1 Å². The summed E-state index contributed by atoms with van der Waals surface area (Å²) >= 11 is 1.55. The smallest absolute Gasteiger partial charge is 0.240 e. The average Bonchev–Trinajstić information content (AvgIpc) is 3.17. The molecule has 29 heavy (non-hydrogen) atoms. The van der Waals surface area contributed by atoms with Crippen LogP contribution in [0.25, 0.3) is 10.4 Å². The molecule has 2 amide bonds. The number of thiazole rings is 1. The summed E-state index contributed by atoms with van der Waals surface area (Å²) in [5.74, 6) is -0.518. The molecule has 1 saturated heterocycles. The Morgan fingerprint density at radius 1 is 1.28 bits per heavy atom. The first-order chi connectivity index (χ1) is 13.6. The number of carbonyl (C=O) groups is 2. The minimum absolute atomic E-state index is 0.0828. The lowest BCUT2D eigenvalue weighted by Gasteiger charge is -2.29. The summed E-state index contributed by atoms with van der Waals surface area (Å²) in [6, 6.07) is 3.61. The number of hydrogen-bond acceptors (Lipinski definition) is 5. The van der Waals surface area contributed by atoms with Crippen LogP contribution in [0.5, 0.6) is 0 Å². The van der Waals surface area contributed by atoms with Crippen molar-refractivity contribution < 1.29 is 9.59 Å². The number of rotatable bonds is 5. The molecule has 154 valence electrons. The van der Waals surface area contributed by atoms with Gasteiger partial charge in [-0.2, -0.15) is 0 Å². The molecule has 4 rings (SSSR count). The zero-order valence-corrected chi connectivity index (χ0v) is 18.3. The number of aromatic nitrogens is 2. The van der Waals surface area contributed by atoms with Crippen LogP contribution in [0.2, 0.25) is 0 Å². The molecule has 2 aliphatic rings. The molecule has 2 fully saturated rings. The Balaban J connectivity index is 1.55. The predicted molar refractivity (Wildman–Crippen MR) is 113 cm³/mol. The Hall–Kier alpha value is -2.28. The van der Waals surface area contributed by atoms with Crippen molar-refractivity contribution in [2.45, 2.75) is 64.8 Å². The number of aryl methyl sites for hydroxylation is 1. The van der Waals surface area contributed by atoms with E-state index < -0.39 is 11.9 Å². The molecule has 7 heteroatoms. The lowest BCUT2D eigenvalue weighted by molar-refractivity contribution is -0.138. The van der Waals surface area contributed by atoms with Gasteiger partial charge in [0, 0.05) is 23.9 Å². The topological polar surface area (TPSA) is 89.2 Å². The fraction of sp³-hybridized carbons (Fsp3) is 0.545. The maximum atomic E-state index is 12.9. The molecule has 1 atom stereocenters. The van der Waals surface area contributed by atoms with Crippen LogP contribution < -0.4 is 5.73 Å². The summed E-state index contributed by atoms with van der Waals surface area (Å²) in [6.45, 7) is 8.76. The molecule has 1 unspecified atom stereocenters. The Morgan fingerprint density at radius 2 is 2.00 bits per heavy atom. The fourth-order valence-electron chi connectivity index (χ4n) is 4.28. The van der Waals surface area contributed by atoms with Crippen molar-refractivity contribution in [3.63, 3.8) is 0 Å². The van der Waals surface area contributed by atoms with Gasteiger partial charge >= 0.3 is 0 Å². The minimum Gasteiger partial charge on any atom is -0.368 e. The molecule has 0 radical (unpaired) electrons. The largest absolute Gasteiger partial charge is 0.368 e. The highest BCUT2D eigenvalue weighted by Gasteiger charge is 2.46. The number of hydrogen-bond donors (Lipinski definition) is 1. The van der Waals surface area contributed by atoms with Crippen LogP contribution >= 0.6 is 11.3 Å². The van der Waals surface area contributed by atoms with Gasteiger partial charge in [-0.1, -0.05) is 20.8 Å². The second-order valence-electron chi connectivity index (χ2n) is 9.32. The summed E-state index contributed by atoms with van der Waals surface area (Å²) < 4.78 is 0. The molecule has 3 heterocycles. The third-order valence-corrected chi connectivity index (χ3v) is 7.63. The Morgan fingerprint density at radius 3 is 2.66 bits per heavy atom. The van der Waals surface area contributed by atoms with Gasteiger partial charge in [-0.05, 0) is 49.3 Å². The van der Waals surface area contributed by atoms with Gasteiger partial charge < -0.3 is 10.6 Å². The molecule has 0 aromatic carbocycles. The Kier molecular flexibility index (Phi) is 4.76. The van der Waals surface area contributed by atoms with Gasteiger partial charge in [0.05, 0.1) is 17.0 Å². The first kappa shape index (κ1) is 20.0. The van der Waals surface area contributed by atoms with Crippen molar-refractivity contribution in [2.75, 3.05) is 6.54 Å². The lowest BCUT2D eigenvalue weighted by Crippen LogP contribution is -2.49. The Bertz CT molecular complexity index is 977. The SMILES string of the molecule is Cc1nc(CC(=O)N2CCC(C)(C)C2C(N)=O)sc1-c1ccnc(C2(C)CC2)c1. The molecule has 1 aliphatic heterocycles. The number of amides is 2. The van der Waals surface area contributed by atoms with E-state index in [-0.39, 0.29) is 23.2 Å². The standard InChI is InChI=1S/C22H28N4O2S/c1-13-18(14-5-9-24-15(11-14)22(4)6-7-22)29-16(25-13)12-17(27)26-10-8-21(2,3)19(26)20(23)28/h5,9,11,19H,6-8,10,12H2,1-4H3,(H2,23,28). The number of pyridine rings is 1. The van der Waals surface area contributed by atoms with Crippen molar-refractivity contribution >= 4 is 23.2 Å². The monoisotopic (exact) mass is 412 g/mol. The highest BCUT2D eigenvalue weighted by atomic mass is 32.1. The van der Waals surface area contributed by atoms with Gasteiger partial charge in [-0.25, -0.2) is 4.98 Å². The quantitative estimate of drug-likeness (QED) is 0.816. The van der Waals surface area contributed by atoms with E-state index in [1.54, 1.807) is 16.2 Å². The van der Waals surface area contributed by atoms with Crippen LogP contribution in [0.1, 0.15) is 56.4 Å². The normalized spacial score (nSPS) is 21.9. The first-order valence-corrected chi connectivity index (χ1v) is 10.9. The van der Waals surface area contributed by atoms with Crippen molar-refractivity contribution in [3.05, 3.63) is 34.7 Å². The molecule has 2 aromatic heterocycles. The highest BCUT2D eigenvalue weighted by molar-refractivity contribution is 7.15. The van der Waals surface area contributed by atoms with Gasteiger partial charge in [-0.15, -0.1) is 11.3 Å². The molecule has 6 nitrogen and oxygen atoms in total. The van der Waals surface area contributed by atoms with Crippen LogP contribution in [0, 0.1) is 12.3 Å². The molecule has 0 bridgehead atoms. The molecule has 2 aromatic rings. The number of primary amides is 1. The maximum Gasteiger partial charge on any atom is 0.240 e. The highest BCUT2D eigenvalue weighted by Crippen LogP contribution is 2.47. The van der Waals surface area contributed by atoms with Gasteiger partial charge in [0.15, 0.2) is 0 Å². The van der Waals surface area contributed by atoms with Crippen LogP contribution in [-0.2, 0) is 21.4 Å². The van der Waals surface area contributed by atoms with E-state index in [1.165, 1.54) is 12.8 Å². The van der Waals surface area contributed by atoms with E-state index in [0.717, 1.165) is 33.3 Å². The van der Waals surface area contributed by atoms with E-state index in [1.807, 2.05) is 33.0 Å². The van der Waals surface area contributed by atoms with E-state index >= 15 is 0 Å². The van der Waals surface area contributed by atoms with E-state index in [9.17, 15) is 9.59 Å². The molecule has 2 N–H and O–H groups in total. The number of nitrogens with two attached hydrogens (primary N) is 1. The Labute approximate surface area is 175 Å². The zero-order chi connectivity index (χ0) is 21.0. The minimum atomic E-state index is -0.558. The second kappa shape index (κ2) is 6.90. The summed E-state index contributed by atoms with van der Waals surface area (Å²) in [5.41, 5.74) is 8.67. The first-order valence-electron chi connectivity index (χ1n) is 10.1. The van der Waals surface area contributed by atoms with Gasteiger partial charge in [0.2, 0.25) is 11.8 Å². The molecule has 0 spiro atoms. The van der Waals surface area contributed by atoms with Crippen LogP contribution in [0.15, 0.2) is 18.3 Å². The van der Waals surface area contributed by atoms with Gasteiger partial charge in [0.1, 0.15) is 11.0 Å². The third kappa shape index (κ3) is 3.68. The third-order valence-electron chi connectivity index (χ3n) is 6.42. The number of carbonyl (C=O) groups excluding carboxylic acids is 2. The van der Waals surface area contributed by atoms with Crippen molar-refractivity contribution in [1.29, 1.82) is 0 Å². The number of nitrogens with zero attached hydrogens (tertiary/aromatic N) is 3. The van der Waals surface area contributed by atoms with Crippen molar-refractivity contribution in [1.82, 2.24) is 14.9 Å². The summed E-state index contributed by atoms with van der Waals surface area (Å²) in [6.07, 6.45) is 5.19. The summed E-state index contributed by atoms with van der Waals surface area (Å²) in [7, 11) is 0. The van der Waals surface area contributed by atoms with E-state index in [4.69, 9.17) is 5.73 Å². The zero-order valence-electron chi connectivity index (χ0n) is 17.5. The van der Waals surface area contributed by atoms with Gasteiger partial charge in [-0.3, -0.25) is 14.6 Å². The van der Waals surface area contributed by atoms with Crippen LogP contribution in [-0.4, -0.2) is 39.3 Å². The lowest BCUT2D eigenvalue weighted by atomic mass is 9.84. The van der Waals surface area contributed by atoms with Crippen LogP contribution in [0.3, 0.4) is 0 Å². The van der Waals surface area contributed by atoms with E-state index in [2.05, 4.69) is 23.0 Å². The summed E-state index contributed by atoms with van der Waals surface area (Å²) in [4.78, 5) is 36.8. The fourth-order valence-corrected chi connectivity index (χ4v) is 5.33. The molecule has 1 aliphatic carbocycles. The van der Waals surface area contributed by atoms with E-state index in [0.29, 0.717) is 6.54 Å². The maximum absolute atomic E-state index is 12.9. The van der Waals surface area contributed by atoms with Crippen LogP contribution in [0.4, 0.5) is 0 Å².